The highest BCUT2D eigenvalue weighted by Gasteiger charge is 2.48. The maximum atomic E-state index is 12.1. The summed E-state index contributed by atoms with van der Waals surface area (Å²) in [5.41, 5.74) is 4.16. The van der Waals surface area contributed by atoms with Crippen LogP contribution in [0.25, 0.3) is 10.8 Å². The van der Waals surface area contributed by atoms with Crippen LogP contribution in [0.4, 0.5) is 0 Å². The molecule has 0 unspecified atom stereocenters. The Balaban J connectivity index is 2.19. The molecule has 0 atom stereocenters. The maximum Gasteiger partial charge on any atom is 0.347 e. The van der Waals surface area contributed by atoms with Crippen molar-refractivity contribution in [2.24, 2.45) is 5.73 Å². The molecule has 1 aliphatic carbocycles. The lowest BCUT2D eigenvalue weighted by atomic mass is 9.97. The third-order valence-electron chi connectivity index (χ3n) is 3.94. The average Bonchev–Trinajstić information content (AvgIpc) is 3.17. The minimum atomic E-state index is -0.626. The molecule has 3 N–H and O–H groups in total. The van der Waals surface area contributed by atoms with Gasteiger partial charge in [0.05, 0.1) is 7.11 Å². The normalized spacial score (nSPS) is 15.9. The van der Waals surface area contributed by atoms with Gasteiger partial charge in [0.15, 0.2) is 0 Å². The van der Waals surface area contributed by atoms with Crippen LogP contribution in [0.2, 0.25) is 0 Å². The Bertz CT molecular complexity index is 788. The van der Waals surface area contributed by atoms with Gasteiger partial charge in [-0.3, -0.25) is 4.79 Å². The molecule has 0 radical (unpaired) electrons. The summed E-state index contributed by atoms with van der Waals surface area (Å²) in [5.74, 6) is 0.260. The van der Waals surface area contributed by atoms with Crippen molar-refractivity contribution in [2.75, 3.05) is 7.11 Å². The zero-order valence-electron chi connectivity index (χ0n) is 11.5. The summed E-state index contributed by atoms with van der Waals surface area (Å²) in [6.45, 7) is 0. The van der Waals surface area contributed by atoms with Crippen LogP contribution in [0.15, 0.2) is 27.4 Å². The van der Waals surface area contributed by atoms with E-state index in [1.807, 2.05) is 0 Å². The fourth-order valence-electron chi connectivity index (χ4n) is 2.65. The van der Waals surface area contributed by atoms with E-state index in [2.05, 4.69) is 0 Å². The van der Waals surface area contributed by atoms with Gasteiger partial charge >= 0.3 is 5.63 Å². The predicted molar refractivity (Wildman–Crippen MR) is 75.4 cm³/mol. The fourth-order valence-corrected chi connectivity index (χ4v) is 2.65. The zero-order valence-corrected chi connectivity index (χ0v) is 11.5. The molecular formula is C15H15NO5. The highest BCUT2D eigenvalue weighted by molar-refractivity contribution is 5.89. The number of amides is 1. The number of carbonyl (C=O) groups is 1. The first-order valence-corrected chi connectivity index (χ1v) is 6.59. The van der Waals surface area contributed by atoms with E-state index in [1.54, 1.807) is 12.1 Å². The highest BCUT2D eigenvalue weighted by atomic mass is 16.5. The molecule has 0 saturated heterocycles. The third kappa shape index (κ3) is 2.22. The molecule has 1 heterocycles. The largest absolute Gasteiger partial charge is 0.507 e. The summed E-state index contributed by atoms with van der Waals surface area (Å²) >= 11 is 0. The lowest BCUT2D eigenvalue weighted by molar-refractivity contribution is -0.118. The third-order valence-corrected chi connectivity index (χ3v) is 3.94. The number of carbonyl (C=O) groups excluding carboxylic acids is 1. The van der Waals surface area contributed by atoms with Gasteiger partial charge < -0.3 is 20.0 Å². The Kier molecular flexibility index (Phi) is 2.90. The Morgan fingerprint density at radius 2 is 2.14 bits per heavy atom. The number of benzene rings is 1. The molecular weight excluding hydrogens is 274 g/mol. The van der Waals surface area contributed by atoms with Gasteiger partial charge in [0.2, 0.25) is 5.91 Å². The van der Waals surface area contributed by atoms with Gasteiger partial charge in [-0.1, -0.05) is 0 Å². The molecule has 21 heavy (non-hydrogen) atoms. The topological polar surface area (TPSA) is 103 Å². The van der Waals surface area contributed by atoms with Crippen molar-refractivity contribution >= 4 is 16.7 Å². The second-order valence-electron chi connectivity index (χ2n) is 5.43. The van der Waals surface area contributed by atoms with Crippen molar-refractivity contribution < 1.29 is 19.1 Å². The van der Waals surface area contributed by atoms with Crippen LogP contribution in [-0.2, 0) is 10.2 Å². The Morgan fingerprint density at radius 1 is 1.43 bits per heavy atom. The number of primary amides is 1. The van der Waals surface area contributed by atoms with Gasteiger partial charge in [-0.05, 0) is 30.4 Å². The molecule has 3 rings (SSSR count). The molecule has 1 aromatic heterocycles. The zero-order chi connectivity index (χ0) is 15.2. The van der Waals surface area contributed by atoms with Crippen LogP contribution in [0.3, 0.4) is 0 Å². The second-order valence-corrected chi connectivity index (χ2v) is 5.43. The van der Waals surface area contributed by atoms with Crippen molar-refractivity contribution in [3.05, 3.63) is 34.4 Å². The lowest BCUT2D eigenvalue weighted by Crippen LogP contribution is -2.21. The number of hydrogen-bond donors (Lipinski definition) is 2. The van der Waals surface area contributed by atoms with Gasteiger partial charge in [0, 0.05) is 17.9 Å². The lowest BCUT2D eigenvalue weighted by Gasteiger charge is -2.13. The van der Waals surface area contributed by atoms with Crippen molar-refractivity contribution in [2.45, 2.75) is 24.7 Å². The van der Waals surface area contributed by atoms with Gasteiger partial charge in [0.25, 0.3) is 0 Å². The number of aromatic hydroxyl groups is 1. The first kappa shape index (κ1) is 13.5. The summed E-state index contributed by atoms with van der Waals surface area (Å²) in [4.78, 5) is 23.3. The number of phenolic OH excluding ortho intramolecular Hbond substituents is 1. The number of fused-ring (bicyclic) bond motifs is 1. The van der Waals surface area contributed by atoms with Crippen LogP contribution in [0.1, 0.15) is 25.0 Å². The van der Waals surface area contributed by atoms with Crippen molar-refractivity contribution in [3.8, 4) is 11.5 Å². The van der Waals surface area contributed by atoms with E-state index in [4.69, 9.17) is 14.9 Å². The predicted octanol–water partition coefficient (Wildman–Crippen LogP) is 1.41. The molecule has 1 saturated carbocycles. The first-order chi connectivity index (χ1) is 9.95. The van der Waals surface area contributed by atoms with E-state index in [0.29, 0.717) is 16.9 Å². The molecule has 0 spiro atoms. The molecule has 1 fully saturated rings. The monoisotopic (exact) mass is 289 g/mol. The summed E-state index contributed by atoms with van der Waals surface area (Å²) in [6.07, 6.45) is 1.65. The number of hydrogen-bond acceptors (Lipinski definition) is 5. The molecule has 6 nitrogen and oxygen atoms in total. The standard InChI is InChI=1S/C15H15NO5/c1-20-9-4-8-5-11(15(2-3-15)7-12(16)18)21-14(19)13(8)10(17)6-9/h4-6,17H,2-3,7H2,1H3,(H2,16,18). The van der Waals surface area contributed by atoms with E-state index in [1.165, 1.54) is 13.2 Å². The molecule has 1 aliphatic rings. The van der Waals surface area contributed by atoms with E-state index in [9.17, 15) is 14.7 Å². The van der Waals surface area contributed by atoms with Gasteiger partial charge in [-0.2, -0.15) is 0 Å². The number of rotatable bonds is 4. The molecule has 2 aromatic rings. The molecule has 0 bridgehead atoms. The van der Waals surface area contributed by atoms with Gasteiger partial charge in [-0.15, -0.1) is 0 Å². The molecule has 6 heteroatoms. The Hall–Kier alpha value is -2.50. The van der Waals surface area contributed by atoms with E-state index < -0.39 is 16.9 Å². The number of ether oxygens (including phenoxy) is 1. The van der Waals surface area contributed by atoms with Crippen LogP contribution >= 0.6 is 0 Å². The Morgan fingerprint density at radius 3 is 2.71 bits per heavy atom. The van der Waals surface area contributed by atoms with Crippen LogP contribution in [0, 0.1) is 0 Å². The molecule has 110 valence electrons. The van der Waals surface area contributed by atoms with Crippen LogP contribution in [0.5, 0.6) is 11.5 Å². The van der Waals surface area contributed by atoms with Crippen LogP contribution in [-0.4, -0.2) is 18.1 Å². The smallest absolute Gasteiger partial charge is 0.347 e. The SMILES string of the molecule is COc1cc(O)c2c(=O)oc(C3(CC(N)=O)CC3)cc2c1. The number of methoxy groups -OCH3 is 1. The van der Waals surface area contributed by atoms with Crippen molar-refractivity contribution in [1.29, 1.82) is 0 Å². The molecule has 1 amide bonds. The summed E-state index contributed by atoms with van der Waals surface area (Å²) in [7, 11) is 1.47. The highest BCUT2D eigenvalue weighted by Crippen LogP contribution is 2.51. The maximum absolute atomic E-state index is 12.1. The van der Waals surface area contributed by atoms with E-state index >= 15 is 0 Å². The fraction of sp³-hybridized carbons (Fsp3) is 0.333. The van der Waals surface area contributed by atoms with Crippen molar-refractivity contribution in [3.63, 3.8) is 0 Å². The summed E-state index contributed by atoms with van der Waals surface area (Å²) in [6, 6.07) is 4.68. The summed E-state index contributed by atoms with van der Waals surface area (Å²) in [5, 5.41) is 10.5. The van der Waals surface area contributed by atoms with Gasteiger partial charge in [-0.25, -0.2) is 4.79 Å². The number of nitrogens with two attached hydrogens (primary N) is 1. The first-order valence-electron chi connectivity index (χ1n) is 6.59. The second kappa shape index (κ2) is 4.51. The number of phenols is 1. The average molecular weight is 289 g/mol. The Labute approximate surface area is 120 Å². The van der Waals surface area contributed by atoms with E-state index in [0.717, 1.165) is 12.8 Å². The minimum Gasteiger partial charge on any atom is -0.507 e. The van der Waals surface area contributed by atoms with Crippen LogP contribution < -0.4 is 16.1 Å². The van der Waals surface area contributed by atoms with Gasteiger partial charge in [0.1, 0.15) is 22.6 Å². The quantitative estimate of drug-likeness (QED) is 0.886. The van der Waals surface area contributed by atoms with Crippen molar-refractivity contribution in [1.82, 2.24) is 0 Å². The minimum absolute atomic E-state index is 0.106. The molecule has 1 aromatic carbocycles. The molecule has 0 aliphatic heterocycles. The van der Waals surface area contributed by atoms with E-state index in [-0.39, 0.29) is 17.6 Å². The summed E-state index contributed by atoms with van der Waals surface area (Å²) < 4.78 is 10.4.